The Morgan fingerprint density at radius 1 is 1.37 bits per heavy atom. The molecule has 1 rings (SSSR count). The Morgan fingerprint density at radius 2 is 2.00 bits per heavy atom. The molecule has 0 fully saturated rings. The molecule has 1 atom stereocenters. The number of carbonyl (C=O) groups is 1. The van der Waals surface area contributed by atoms with Crippen molar-refractivity contribution in [3.8, 4) is 0 Å². The first-order valence-electron chi connectivity index (χ1n) is 5.87. The van der Waals surface area contributed by atoms with Crippen molar-refractivity contribution in [2.24, 2.45) is 5.73 Å². The van der Waals surface area contributed by atoms with Crippen LogP contribution in [0.4, 0.5) is 0 Å². The highest BCUT2D eigenvalue weighted by molar-refractivity contribution is 7.91. The number of carbonyl (C=O) groups excluding carboxylic acids is 1. The van der Waals surface area contributed by atoms with E-state index in [1.165, 1.54) is 13.0 Å². The van der Waals surface area contributed by atoms with Crippen LogP contribution in [0.2, 0.25) is 0 Å². The van der Waals surface area contributed by atoms with Gasteiger partial charge in [-0.1, -0.05) is 0 Å². The molecule has 0 aliphatic carbocycles. The van der Waals surface area contributed by atoms with Gasteiger partial charge in [0.2, 0.25) is 5.91 Å². The summed E-state index contributed by atoms with van der Waals surface area (Å²) in [6.07, 6.45) is 0. The van der Waals surface area contributed by atoms with Crippen LogP contribution in [0.25, 0.3) is 0 Å². The highest BCUT2D eigenvalue weighted by Crippen LogP contribution is 2.21. The predicted molar refractivity (Wildman–Crippen MR) is 75.3 cm³/mol. The lowest BCUT2D eigenvalue weighted by Crippen LogP contribution is -2.46. The van der Waals surface area contributed by atoms with Crippen LogP contribution in [-0.4, -0.2) is 26.4 Å². The number of sulfonamides is 1. The molecule has 1 unspecified atom stereocenters. The van der Waals surface area contributed by atoms with E-state index in [1.54, 1.807) is 6.07 Å². The molecule has 1 aromatic heterocycles. The van der Waals surface area contributed by atoms with Gasteiger partial charge in [0.15, 0.2) is 0 Å². The molecule has 8 heteroatoms. The average Bonchev–Trinajstić information content (AvgIpc) is 2.76. The fourth-order valence-corrected chi connectivity index (χ4v) is 3.82. The lowest BCUT2D eigenvalue weighted by atomic mass is 10.3. The monoisotopic (exact) mass is 305 g/mol. The first-order chi connectivity index (χ1) is 8.76. The summed E-state index contributed by atoms with van der Waals surface area (Å²) in [7, 11) is -3.68. The SMILES string of the molecule is CC(C)NC(=O)C(C)NS(=O)(=O)c1ccc(CN)s1. The summed E-state index contributed by atoms with van der Waals surface area (Å²) in [6, 6.07) is 2.29. The molecule has 108 valence electrons. The molecule has 19 heavy (non-hydrogen) atoms. The van der Waals surface area contributed by atoms with E-state index in [4.69, 9.17) is 5.73 Å². The molecule has 0 saturated carbocycles. The Labute approximate surface area is 117 Å². The van der Waals surface area contributed by atoms with E-state index < -0.39 is 16.1 Å². The molecule has 0 radical (unpaired) electrons. The first-order valence-corrected chi connectivity index (χ1v) is 8.17. The molecule has 4 N–H and O–H groups in total. The van der Waals surface area contributed by atoms with E-state index >= 15 is 0 Å². The van der Waals surface area contributed by atoms with Crippen molar-refractivity contribution in [1.29, 1.82) is 0 Å². The van der Waals surface area contributed by atoms with E-state index in [0.717, 1.165) is 16.2 Å². The maximum atomic E-state index is 12.0. The van der Waals surface area contributed by atoms with Gasteiger partial charge in [-0.3, -0.25) is 4.79 Å². The molecule has 0 aliphatic heterocycles. The molecule has 1 heterocycles. The Morgan fingerprint density at radius 3 is 2.47 bits per heavy atom. The fourth-order valence-electron chi connectivity index (χ4n) is 1.37. The molecule has 0 spiro atoms. The number of nitrogens with two attached hydrogens (primary N) is 1. The Hall–Kier alpha value is -0.960. The minimum absolute atomic E-state index is 0.0370. The number of nitrogens with one attached hydrogen (secondary N) is 2. The van der Waals surface area contributed by atoms with Crippen LogP contribution in [0.1, 0.15) is 25.6 Å². The van der Waals surface area contributed by atoms with E-state index in [9.17, 15) is 13.2 Å². The molecule has 1 aromatic rings. The van der Waals surface area contributed by atoms with Crippen molar-refractivity contribution in [2.75, 3.05) is 0 Å². The van der Waals surface area contributed by atoms with E-state index in [-0.39, 0.29) is 16.2 Å². The van der Waals surface area contributed by atoms with Crippen molar-refractivity contribution in [3.63, 3.8) is 0 Å². The molecule has 6 nitrogen and oxygen atoms in total. The van der Waals surface area contributed by atoms with Gasteiger partial charge in [0, 0.05) is 17.5 Å². The molecule has 0 saturated heterocycles. The summed E-state index contributed by atoms with van der Waals surface area (Å²) >= 11 is 1.10. The summed E-state index contributed by atoms with van der Waals surface area (Å²) in [5.41, 5.74) is 5.44. The minimum atomic E-state index is -3.68. The highest BCUT2D eigenvalue weighted by atomic mass is 32.2. The largest absolute Gasteiger partial charge is 0.353 e. The van der Waals surface area contributed by atoms with E-state index in [1.807, 2.05) is 13.8 Å². The van der Waals surface area contributed by atoms with Crippen molar-refractivity contribution >= 4 is 27.3 Å². The average molecular weight is 305 g/mol. The number of hydrogen-bond acceptors (Lipinski definition) is 5. The zero-order valence-corrected chi connectivity index (χ0v) is 12.8. The third-order valence-corrected chi connectivity index (χ3v) is 5.40. The second kappa shape index (κ2) is 6.47. The Balaban J connectivity index is 2.76. The second-order valence-electron chi connectivity index (χ2n) is 4.43. The second-order valence-corrected chi connectivity index (χ2v) is 7.54. The quantitative estimate of drug-likeness (QED) is 0.708. The zero-order chi connectivity index (χ0) is 14.6. The first kappa shape index (κ1) is 16.1. The van der Waals surface area contributed by atoms with Gasteiger partial charge in [-0.05, 0) is 32.9 Å². The van der Waals surface area contributed by atoms with Crippen molar-refractivity contribution in [2.45, 2.75) is 43.6 Å². The molecular formula is C11H19N3O3S2. The van der Waals surface area contributed by atoms with Crippen LogP contribution in [0, 0.1) is 0 Å². The van der Waals surface area contributed by atoms with Gasteiger partial charge >= 0.3 is 0 Å². The van der Waals surface area contributed by atoms with Gasteiger partial charge < -0.3 is 11.1 Å². The van der Waals surface area contributed by atoms with Crippen LogP contribution < -0.4 is 15.8 Å². The standard InChI is InChI=1S/C11H19N3O3S2/c1-7(2)13-11(15)8(3)14-19(16,17)10-5-4-9(6-12)18-10/h4-5,7-8,14H,6,12H2,1-3H3,(H,13,15). The maximum absolute atomic E-state index is 12.0. The number of hydrogen-bond donors (Lipinski definition) is 3. The van der Waals surface area contributed by atoms with Crippen molar-refractivity contribution in [1.82, 2.24) is 10.0 Å². The topological polar surface area (TPSA) is 101 Å². The molecule has 0 bridgehead atoms. The molecule has 0 aromatic carbocycles. The molecule has 0 aliphatic rings. The van der Waals surface area contributed by atoms with Gasteiger partial charge in [-0.25, -0.2) is 8.42 Å². The fraction of sp³-hybridized carbons (Fsp3) is 0.545. The summed E-state index contributed by atoms with van der Waals surface area (Å²) < 4.78 is 26.6. The highest BCUT2D eigenvalue weighted by Gasteiger charge is 2.23. The number of rotatable bonds is 6. The van der Waals surface area contributed by atoms with Crippen LogP contribution in [0.3, 0.4) is 0 Å². The van der Waals surface area contributed by atoms with Crippen LogP contribution in [0.15, 0.2) is 16.3 Å². The lowest BCUT2D eigenvalue weighted by Gasteiger charge is -2.15. The van der Waals surface area contributed by atoms with Gasteiger partial charge in [-0.2, -0.15) is 4.72 Å². The van der Waals surface area contributed by atoms with Crippen molar-refractivity contribution in [3.05, 3.63) is 17.0 Å². The van der Waals surface area contributed by atoms with Crippen LogP contribution >= 0.6 is 11.3 Å². The third-order valence-electron chi connectivity index (χ3n) is 2.26. The lowest BCUT2D eigenvalue weighted by molar-refractivity contribution is -0.122. The zero-order valence-electron chi connectivity index (χ0n) is 11.1. The van der Waals surface area contributed by atoms with Crippen LogP contribution in [-0.2, 0) is 21.4 Å². The van der Waals surface area contributed by atoms with E-state index in [2.05, 4.69) is 10.0 Å². The van der Waals surface area contributed by atoms with Crippen LogP contribution in [0.5, 0.6) is 0 Å². The number of thiophene rings is 1. The van der Waals surface area contributed by atoms with E-state index in [0.29, 0.717) is 6.54 Å². The van der Waals surface area contributed by atoms with Crippen molar-refractivity contribution < 1.29 is 13.2 Å². The van der Waals surface area contributed by atoms with Gasteiger partial charge in [0.05, 0.1) is 6.04 Å². The normalized spacial score (nSPS) is 13.5. The smallest absolute Gasteiger partial charge is 0.250 e. The summed E-state index contributed by atoms with van der Waals surface area (Å²) in [6.45, 7) is 5.42. The number of amides is 1. The summed E-state index contributed by atoms with van der Waals surface area (Å²) in [5.74, 6) is -0.353. The van der Waals surface area contributed by atoms with Gasteiger partial charge in [0.1, 0.15) is 4.21 Å². The van der Waals surface area contributed by atoms with Gasteiger partial charge in [-0.15, -0.1) is 11.3 Å². The Kier molecular flexibility index (Phi) is 5.48. The molecular weight excluding hydrogens is 286 g/mol. The van der Waals surface area contributed by atoms with Gasteiger partial charge in [0.25, 0.3) is 10.0 Å². The third kappa shape index (κ3) is 4.57. The maximum Gasteiger partial charge on any atom is 0.250 e. The summed E-state index contributed by atoms with van der Waals surface area (Å²) in [5, 5.41) is 2.65. The predicted octanol–water partition coefficient (Wildman–Crippen LogP) is 0.398. The minimum Gasteiger partial charge on any atom is -0.353 e. The Bertz CT molecular complexity index is 537. The summed E-state index contributed by atoms with van der Waals surface area (Å²) in [4.78, 5) is 12.4. The molecule has 1 amide bonds.